The fraction of sp³-hybridized carbons (Fsp3) is 0.235. The Bertz CT molecular complexity index is 1760. The minimum absolute atomic E-state index is 0.0371. The second kappa shape index (κ2) is 16.0. The van der Waals surface area contributed by atoms with E-state index >= 15 is 0 Å². The van der Waals surface area contributed by atoms with E-state index < -0.39 is 34.4 Å². The third kappa shape index (κ3) is 8.75. The van der Waals surface area contributed by atoms with Crippen LogP contribution in [-0.2, 0) is 32.6 Å². The zero-order chi connectivity index (χ0) is 33.4. The van der Waals surface area contributed by atoms with Gasteiger partial charge in [-0.3, -0.25) is 13.9 Å². The first-order valence-electron chi connectivity index (χ1n) is 14.5. The molecule has 46 heavy (non-hydrogen) atoms. The molecule has 12 heteroatoms. The lowest BCUT2D eigenvalue weighted by atomic mass is 10.0. The number of carbonyl (C=O) groups is 2. The Morgan fingerprint density at radius 3 is 1.98 bits per heavy atom. The molecule has 0 aliphatic carbocycles. The normalized spacial score (nSPS) is 12.7. The summed E-state index contributed by atoms with van der Waals surface area (Å²) < 4.78 is 29.1. The number of amides is 2. The molecule has 2 amide bonds. The zero-order valence-electron chi connectivity index (χ0n) is 25.2. The van der Waals surface area contributed by atoms with Gasteiger partial charge in [-0.25, -0.2) is 8.42 Å². The molecule has 0 saturated heterocycles. The van der Waals surface area contributed by atoms with Gasteiger partial charge in [-0.2, -0.15) is 0 Å². The minimum Gasteiger partial charge on any atom is -0.352 e. The summed E-state index contributed by atoms with van der Waals surface area (Å²) in [5, 5.41) is 3.91. The summed E-state index contributed by atoms with van der Waals surface area (Å²) in [4.78, 5) is 29.8. The molecule has 4 rings (SSSR count). The molecule has 0 aromatic heterocycles. The third-order valence-electron chi connectivity index (χ3n) is 7.46. The average molecular weight is 722 g/mol. The van der Waals surface area contributed by atoms with Gasteiger partial charge in [0, 0.05) is 34.6 Å². The monoisotopic (exact) mass is 719 g/mol. The Hall–Kier alpha value is -3.27. The molecule has 1 N–H and O–H groups in total. The van der Waals surface area contributed by atoms with Crippen molar-refractivity contribution in [2.45, 2.75) is 50.2 Å². The second-order valence-corrected chi connectivity index (χ2v) is 14.2. The molecule has 4 aromatic rings. The first-order chi connectivity index (χ1) is 21.9. The van der Waals surface area contributed by atoms with Gasteiger partial charge in [-0.1, -0.05) is 108 Å². The summed E-state index contributed by atoms with van der Waals surface area (Å²) in [7, 11) is -4.30. The number of nitrogens with one attached hydrogen (secondary N) is 1. The maximum absolute atomic E-state index is 14.6. The number of hydrogen-bond acceptors (Lipinski definition) is 4. The number of nitrogens with zero attached hydrogens (tertiary/aromatic N) is 2. The summed E-state index contributed by atoms with van der Waals surface area (Å²) in [6.07, 6.45) is 0.809. The van der Waals surface area contributed by atoms with Gasteiger partial charge in [0.05, 0.1) is 20.6 Å². The van der Waals surface area contributed by atoms with Crippen molar-refractivity contribution in [3.8, 4) is 0 Å². The number of hydrogen-bond donors (Lipinski definition) is 1. The SMILES string of the molecule is CC[C@H](C)NC(=O)[C@H](Cc1ccccc1)N(Cc1c(Cl)cccc1Cl)C(=O)CN(c1ccc(Cl)c(Cl)c1)S(=O)(=O)c1ccccc1. The van der Waals surface area contributed by atoms with Crippen molar-refractivity contribution in [1.29, 1.82) is 0 Å². The predicted octanol–water partition coefficient (Wildman–Crippen LogP) is 8.05. The van der Waals surface area contributed by atoms with Crippen molar-refractivity contribution in [2.75, 3.05) is 10.8 Å². The Labute approximate surface area is 290 Å². The van der Waals surface area contributed by atoms with Gasteiger partial charge in [0.15, 0.2) is 0 Å². The molecular weight excluding hydrogens is 688 g/mol. The molecule has 2 atom stereocenters. The van der Waals surface area contributed by atoms with E-state index in [4.69, 9.17) is 46.4 Å². The number of halogens is 4. The molecule has 0 spiro atoms. The minimum atomic E-state index is -4.30. The molecule has 0 saturated carbocycles. The molecule has 242 valence electrons. The molecule has 0 bridgehead atoms. The molecular formula is C34H33Cl4N3O4S. The van der Waals surface area contributed by atoms with E-state index in [1.165, 1.54) is 35.2 Å². The fourth-order valence-corrected chi connectivity index (χ4v) is 6.97. The van der Waals surface area contributed by atoms with Gasteiger partial charge in [0.1, 0.15) is 12.6 Å². The first-order valence-corrected chi connectivity index (χ1v) is 17.5. The molecule has 0 aliphatic heterocycles. The number of anilines is 1. The number of benzene rings is 4. The van der Waals surface area contributed by atoms with Gasteiger partial charge in [-0.05, 0) is 61.4 Å². The smallest absolute Gasteiger partial charge is 0.264 e. The van der Waals surface area contributed by atoms with Crippen LogP contribution in [0.3, 0.4) is 0 Å². The van der Waals surface area contributed by atoms with Crippen LogP contribution >= 0.6 is 46.4 Å². The van der Waals surface area contributed by atoms with Crippen molar-refractivity contribution in [3.05, 3.63) is 128 Å². The van der Waals surface area contributed by atoms with Crippen molar-refractivity contribution in [1.82, 2.24) is 10.2 Å². The lowest BCUT2D eigenvalue weighted by Gasteiger charge is -2.34. The Morgan fingerprint density at radius 2 is 1.39 bits per heavy atom. The van der Waals surface area contributed by atoms with Crippen molar-refractivity contribution in [2.24, 2.45) is 0 Å². The maximum Gasteiger partial charge on any atom is 0.264 e. The van der Waals surface area contributed by atoms with Crippen LogP contribution < -0.4 is 9.62 Å². The summed E-state index contributed by atoms with van der Waals surface area (Å²) in [6, 6.07) is 25.0. The largest absolute Gasteiger partial charge is 0.352 e. The van der Waals surface area contributed by atoms with Crippen LogP contribution in [-0.4, -0.2) is 43.8 Å². The molecule has 0 fully saturated rings. The molecule has 0 heterocycles. The molecule has 4 aromatic carbocycles. The van der Waals surface area contributed by atoms with Crippen LogP contribution in [0.15, 0.2) is 102 Å². The number of sulfonamides is 1. The van der Waals surface area contributed by atoms with E-state index in [1.807, 2.05) is 44.2 Å². The quantitative estimate of drug-likeness (QED) is 0.152. The summed E-state index contributed by atoms with van der Waals surface area (Å²) in [5.74, 6) is -1.07. The van der Waals surface area contributed by atoms with Gasteiger partial charge in [-0.15, -0.1) is 0 Å². The highest BCUT2D eigenvalue weighted by Crippen LogP contribution is 2.32. The second-order valence-electron chi connectivity index (χ2n) is 10.7. The van der Waals surface area contributed by atoms with E-state index in [2.05, 4.69) is 5.32 Å². The summed E-state index contributed by atoms with van der Waals surface area (Å²) in [6.45, 7) is 2.97. The fourth-order valence-electron chi connectivity index (χ4n) is 4.74. The van der Waals surface area contributed by atoms with Gasteiger partial charge in [0.2, 0.25) is 11.8 Å². The topological polar surface area (TPSA) is 86.8 Å². The van der Waals surface area contributed by atoms with Crippen LogP contribution in [0.1, 0.15) is 31.4 Å². The molecule has 0 aliphatic rings. The van der Waals surface area contributed by atoms with Crippen LogP contribution in [0.2, 0.25) is 20.1 Å². The van der Waals surface area contributed by atoms with Gasteiger partial charge in [0.25, 0.3) is 10.0 Å². The maximum atomic E-state index is 14.6. The van der Waals surface area contributed by atoms with Crippen molar-refractivity contribution >= 4 is 73.9 Å². The predicted molar refractivity (Wildman–Crippen MR) is 186 cm³/mol. The van der Waals surface area contributed by atoms with Crippen LogP contribution in [0, 0.1) is 0 Å². The van der Waals surface area contributed by atoms with Crippen LogP contribution in [0.5, 0.6) is 0 Å². The molecule has 0 radical (unpaired) electrons. The van der Waals surface area contributed by atoms with E-state index in [1.54, 1.807) is 36.4 Å². The Balaban J connectivity index is 1.85. The van der Waals surface area contributed by atoms with Gasteiger partial charge < -0.3 is 10.2 Å². The van der Waals surface area contributed by atoms with Gasteiger partial charge >= 0.3 is 0 Å². The molecule has 7 nitrogen and oxygen atoms in total. The van der Waals surface area contributed by atoms with E-state index in [9.17, 15) is 18.0 Å². The zero-order valence-corrected chi connectivity index (χ0v) is 29.0. The lowest BCUT2D eigenvalue weighted by molar-refractivity contribution is -0.140. The summed E-state index contributed by atoms with van der Waals surface area (Å²) in [5.41, 5.74) is 1.33. The van der Waals surface area contributed by atoms with Crippen molar-refractivity contribution < 1.29 is 18.0 Å². The number of rotatable bonds is 13. The van der Waals surface area contributed by atoms with E-state index in [-0.39, 0.29) is 39.6 Å². The molecule has 0 unspecified atom stereocenters. The average Bonchev–Trinajstić information content (AvgIpc) is 3.04. The first kappa shape index (κ1) is 35.6. The highest BCUT2D eigenvalue weighted by molar-refractivity contribution is 7.92. The lowest BCUT2D eigenvalue weighted by Crippen LogP contribution is -2.54. The highest BCUT2D eigenvalue weighted by atomic mass is 35.5. The Morgan fingerprint density at radius 1 is 0.783 bits per heavy atom. The third-order valence-corrected chi connectivity index (χ3v) is 10.7. The standard InChI is InChI=1S/C34H33Cl4N3O4S/c1-3-23(2)39-34(43)32(19-24-11-6-4-7-12-24)40(21-27-28(35)15-10-16-29(27)36)33(42)22-41(25-17-18-30(37)31(38)20-25)46(44,45)26-13-8-5-9-14-26/h4-18,20,23,32H,3,19,21-22H2,1-2H3,(H,39,43)/t23-,32-/m0/s1. The Kier molecular flexibility index (Phi) is 12.4. The summed E-state index contributed by atoms with van der Waals surface area (Å²) >= 11 is 25.6. The van der Waals surface area contributed by atoms with Crippen molar-refractivity contribution in [3.63, 3.8) is 0 Å². The van der Waals surface area contributed by atoms with E-state index in [0.717, 1.165) is 9.87 Å². The van der Waals surface area contributed by atoms with Crippen LogP contribution in [0.4, 0.5) is 5.69 Å². The van der Waals surface area contributed by atoms with Crippen LogP contribution in [0.25, 0.3) is 0 Å². The number of carbonyl (C=O) groups excluding carboxylic acids is 2. The van der Waals surface area contributed by atoms with E-state index in [0.29, 0.717) is 22.0 Å². The highest BCUT2D eigenvalue weighted by Gasteiger charge is 2.35.